The van der Waals surface area contributed by atoms with Crippen molar-refractivity contribution < 1.29 is 13.7 Å². The average Bonchev–Trinajstić information content (AvgIpc) is 3.16. The monoisotopic (exact) mass is 398 g/mol. The third kappa shape index (κ3) is 4.57. The van der Waals surface area contributed by atoms with Gasteiger partial charge in [-0.3, -0.25) is 9.69 Å². The van der Waals surface area contributed by atoms with Gasteiger partial charge in [0, 0.05) is 12.6 Å². The van der Waals surface area contributed by atoms with Gasteiger partial charge >= 0.3 is 0 Å². The van der Waals surface area contributed by atoms with Crippen LogP contribution < -0.4 is 4.90 Å². The van der Waals surface area contributed by atoms with Crippen LogP contribution in [0.4, 0.5) is 9.52 Å². The van der Waals surface area contributed by atoms with Crippen molar-refractivity contribution in [1.82, 2.24) is 15.0 Å². The maximum atomic E-state index is 13.4. The number of halogens is 2. The summed E-state index contributed by atoms with van der Waals surface area (Å²) in [7, 11) is 3.96. The van der Waals surface area contributed by atoms with E-state index >= 15 is 0 Å². The number of hydrogen-bond donors (Lipinski definition) is 0. The minimum absolute atomic E-state index is 0. The molecule has 0 fully saturated rings. The average molecular weight is 399 g/mol. The summed E-state index contributed by atoms with van der Waals surface area (Å²) in [4.78, 5) is 21.0. The highest BCUT2D eigenvalue weighted by molar-refractivity contribution is 7.22. The van der Waals surface area contributed by atoms with Gasteiger partial charge in [-0.2, -0.15) is 0 Å². The second-order valence-corrected chi connectivity index (χ2v) is 7.06. The molecule has 3 aromatic rings. The number of carbonyl (C=O) groups excluding carboxylic acids is 1. The smallest absolute Gasteiger partial charge is 0.298 e. The Morgan fingerprint density at radius 3 is 2.69 bits per heavy atom. The number of nitrogens with zero attached hydrogens (tertiary/aromatic N) is 4. The molecule has 2 aromatic heterocycles. The Morgan fingerprint density at radius 2 is 2.04 bits per heavy atom. The molecule has 140 valence electrons. The summed E-state index contributed by atoms with van der Waals surface area (Å²) in [5, 5.41) is 4.31. The number of hydrogen-bond acceptors (Lipinski definition) is 6. The first-order valence-electron chi connectivity index (χ1n) is 7.90. The lowest BCUT2D eigenvalue weighted by Crippen LogP contribution is -2.33. The van der Waals surface area contributed by atoms with Gasteiger partial charge in [0.2, 0.25) is 5.76 Å². The first-order valence-corrected chi connectivity index (χ1v) is 8.71. The Bertz CT molecular complexity index is 896. The second-order valence-electron chi connectivity index (χ2n) is 6.05. The Labute approximate surface area is 161 Å². The topological polar surface area (TPSA) is 62.5 Å². The Kier molecular flexibility index (Phi) is 6.69. The number of rotatable bonds is 6. The van der Waals surface area contributed by atoms with Gasteiger partial charge < -0.3 is 9.42 Å². The molecule has 0 saturated heterocycles. The van der Waals surface area contributed by atoms with Crippen LogP contribution in [0.2, 0.25) is 0 Å². The molecule has 0 spiro atoms. The zero-order valence-electron chi connectivity index (χ0n) is 14.7. The molecule has 0 aliphatic carbocycles. The number of thiazole rings is 1. The molecule has 26 heavy (non-hydrogen) atoms. The lowest BCUT2D eigenvalue weighted by molar-refractivity contribution is 0.0950. The molecule has 0 aliphatic heterocycles. The summed E-state index contributed by atoms with van der Waals surface area (Å²) in [5.74, 6) is -0.439. The Hall–Kier alpha value is -2.03. The molecule has 0 atom stereocenters. The van der Waals surface area contributed by atoms with Gasteiger partial charge in [-0.1, -0.05) is 16.5 Å². The Morgan fingerprint density at radius 1 is 1.27 bits per heavy atom. The van der Waals surface area contributed by atoms with E-state index in [0.29, 0.717) is 27.6 Å². The molecule has 0 N–H and O–H groups in total. The fourth-order valence-corrected chi connectivity index (χ4v) is 3.44. The second kappa shape index (κ2) is 8.57. The van der Waals surface area contributed by atoms with E-state index in [2.05, 4.69) is 15.0 Å². The summed E-state index contributed by atoms with van der Waals surface area (Å²) in [5.41, 5.74) is 1.31. The molecule has 0 unspecified atom stereocenters. The van der Waals surface area contributed by atoms with Crippen LogP contribution in [-0.2, 0) is 0 Å². The number of carbonyl (C=O) groups is 1. The molecule has 2 heterocycles. The van der Waals surface area contributed by atoms with Gasteiger partial charge in [-0.05, 0) is 52.2 Å². The van der Waals surface area contributed by atoms with Crippen molar-refractivity contribution >= 4 is 45.0 Å². The molecule has 6 nitrogen and oxygen atoms in total. The molecule has 3 rings (SSSR count). The maximum Gasteiger partial charge on any atom is 0.298 e. The van der Waals surface area contributed by atoms with Crippen molar-refractivity contribution in [2.45, 2.75) is 13.3 Å². The highest BCUT2D eigenvalue weighted by Crippen LogP contribution is 2.30. The molecule has 0 aliphatic rings. The highest BCUT2D eigenvalue weighted by atomic mass is 35.5. The predicted octanol–water partition coefficient (Wildman–Crippen LogP) is 3.75. The van der Waals surface area contributed by atoms with Crippen LogP contribution in [0.25, 0.3) is 10.2 Å². The first-order chi connectivity index (χ1) is 11.9. The number of amides is 1. The van der Waals surface area contributed by atoms with Gasteiger partial charge in [0.15, 0.2) is 5.13 Å². The van der Waals surface area contributed by atoms with E-state index in [-0.39, 0.29) is 29.9 Å². The van der Waals surface area contributed by atoms with Crippen LogP contribution in [0.5, 0.6) is 0 Å². The van der Waals surface area contributed by atoms with E-state index in [4.69, 9.17) is 4.52 Å². The standard InChI is InChI=1S/C17H19FN4O2S.ClH/c1-11-9-14(24-20-11)16(23)22(8-4-7-21(2)3)17-19-13-6-5-12(18)10-15(13)25-17;/h5-6,9-10H,4,7-8H2,1-3H3;1H. The summed E-state index contributed by atoms with van der Waals surface area (Å²) >= 11 is 1.29. The van der Waals surface area contributed by atoms with Gasteiger partial charge in [-0.25, -0.2) is 9.37 Å². The van der Waals surface area contributed by atoms with Crippen molar-refractivity contribution in [2.75, 3.05) is 32.1 Å². The largest absolute Gasteiger partial charge is 0.351 e. The molecule has 1 amide bonds. The van der Waals surface area contributed by atoms with Gasteiger partial charge in [0.05, 0.1) is 15.9 Å². The first kappa shape index (κ1) is 20.3. The molecular formula is C17H20ClFN4O2S. The predicted molar refractivity (Wildman–Crippen MR) is 103 cm³/mol. The quantitative estimate of drug-likeness (QED) is 0.632. The number of fused-ring (bicyclic) bond motifs is 1. The number of benzene rings is 1. The van der Waals surface area contributed by atoms with Crippen molar-refractivity contribution in [3.8, 4) is 0 Å². The lowest BCUT2D eigenvalue weighted by atomic mass is 10.3. The molecule has 0 radical (unpaired) electrons. The number of aryl methyl sites for hydroxylation is 1. The zero-order valence-corrected chi connectivity index (χ0v) is 16.4. The highest BCUT2D eigenvalue weighted by Gasteiger charge is 2.24. The van der Waals surface area contributed by atoms with Crippen LogP contribution in [0, 0.1) is 12.7 Å². The van der Waals surface area contributed by atoms with Crippen molar-refractivity contribution in [1.29, 1.82) is 0 Å². The summed E-state index contributed by atoms with van der Waals surface area (Å²) < 4.78 is 19.3. The maximum absolute atomic E-state index is 13.4. The number of anilines is 1. The number of aromatic nitrogens is 2. The fraction of sp³-hybridized carbons (Fsp3) is 0.353. The van der Waals surface area contributed by atoms with Crippen molar-refractivity contribution in [3.05, 3.63) is 41.5 Å². The summed E-state index contributed by atoms with van der Waals surface area (Å²) in [6.07, 6.45) is 0.774. The molecule has 0 saturated carbocycles. The van der Waals surface area contributed by atoms with Crippen LogP contribution in [-0.4, -0.2) is 48.1 Å². The zero-order chi connectivity index (χ0) is 18.0. The van der Waals surface area contributed by atoms with E-state index in [1.54, 1.807) is 24.0 Å². The SMILES string of the molecule is Cc1cc(C(=O)N(CCCN(C)C)c2nc3ccc(F)cc3s2)on1.Cl. The van der Waals surface area contributed by atoms with E-state index < -0.39 is 0 Å². The summed E-state index contributed by atoms with van der Waals surface area (Å²) in [6.45, 7) is 3.08. The van der Waals surface area contributed by atoms with Crippen LogP contribution in [0.3, 0.4) is 0 Å². The minimum Gasteiger partial charge on any atom is -0.351 e. The van der Waals surface area contributed by atoms with Crippen LogP contribution in [0.15, 0.2) is 28.8 Å². The molecule has 9 heteroatoms. The van der Waals surface area contributed by atoms with Gasteiger partial charge in [-0.15, -0.1) is 12.4 Å². The lowest BCUT2D eigenvalue weighted by Gasteiger charge is -2.19. The van der Waals surface area contributed by atoms with Gasteiger partial charge in [0.25, 0.3) is 5.91 Å². The molecular weight excluding hydrogens is 379 g/mol. The molecule has 0 bridgehead atoms. The van der Waals surface area contributed by atoms with E-state index in [1.165, 1.54) is 23.5 Å². The van der Waals surface area contributed by atoms with Crippen molar-refractivity contribution in [2.24, 2.45) is 0 Å². The Balaban J connectivity index is 0.00000243. The van der Waals surface area contributed by atoms with E-state index in [9.17, 15) is 9.18 Å². The van der Waals surface area contributed by atoms with Crippen LogP contribution >= 0.6 is 23.7 Å². The minimum atomic E-state index is -0.320. The normalized spacial score (nSPS) is 11.0. The summed E-state index contributed by atoms with van der Waals surface area (Å²) in [6, 6.07) is 6.02. The van der Waals surface area contributed by atoms with E-state index in [0.717, 1.165) is 13.0 Å². The van der Waals surface area contributed by atoms with E-state index in [1.807, 2.05) is 14.1 Å². The van der Waals surface area contributed by atoms with Gasteiger partial charge in [0.1, 0.15) is 5.82 Å². The van der Waals surface area contributed by atoms with Crippen molar-refractivity contribution in [3.63, 3.8) is 0 Å². The third-order valence-corrected chi connectivity index (χ3v) is 4.68. The molecule has 1 aromatic carbocycles. The van der Waals surface area contributed by atoms with Crippen LogP contribution in [0.1, 0.15) is 22.7 Å². The third-order valence-electron chi connectivity index (χ3n) is 3.64. The fourth-order valence-electron chi connectivity index (χ4n) is 2.43.